The van der Waals surface area contributed by atoms with Crippen LogP contribution in [0, 0.1) is 5.92 Å². The first-order chi connectivity index (χ1) is 18.1. The molecule has 0 saturated carbocycles. The Morgan fingerprint density at radius 2 is 1.71 bits per heavy atom. The topological polar surface area (TPSA) is 151 Å². The number of methoxy groups -OCH3 is 1. The summed E-state index contributed by atoms with van der Waals surface area (Å²) < 4.78 is 32.7. The molecule has 2 rings (SSSR count). The summed E-state index contributed by atoms with van der Waals surface area (Å²) in [6.45, 7) is 4.11. The number of ether oxygens (including phenoxy) is 1. The van der Waals surface area contributed by atoms with Gasteiger partial charge in [0, 0.05) is 31.2 Å². The lowest BCUT2D eigenvalue weighted by Gasteiger charge is -2.31. The number of nitrogen functional groups attached to an aromatic ring is 1. The maximum absolute atomic E-state index is 13.4. The number of nitrogens with one attached hydrogen (secondary N) is 2. The van der Waals surface area contributed by atoms with E-state index in [1.807, 2.05) is 44.2 Å². The molecule has 2 aromatic carbocycles. The SMILES string of the molecule is COC(=O)N[C@@H](Cc1ccccc1)C(=O)NCCCC[C@@H](CO)N(CC(C)C)S(=O)(=O)c1ccc(N)cc1. The Bertz CT molecular complexity index is 1110. The highest BCUT2D eigenvalue weighted by atomic mass is 32.2. The van der Waals surface area contributed by atoms with E-state index in [2.05, 4.69) is 15.4 Å². The number of hydrogen-bond donors (Lipinski definition) is 4. The van der Waals surface area contributed by atoms with Crippen molar-refractivity contribution in [1.82, 2.24) is 14.9 Å². The second-order valence-electron chi connectivity index (χ2n) is 9.54. The molecule has 0 aliphatic heterocycles. The molecule has 0 aliphatic carbocycles. The molecule has 210 valence electrons. The summed E-state index contributed by atoms with van der Waals surface area (Å²) in [5.74, 6) is -0.291. The number of rotatable bonds is 15. The molecule has 11 heteroatoms. The molecule has 0 aromatic heterocycles. The van der Waals surface area contributed by atoms with E-state index < -0.39 is 28.2 Å². The van der Waals surface area contributed by atoms with Gasteiger partial charge in [-0.2, -0.15) is 4.31 Å². The summed E-state index contributed by atoms with van der Waals surface area (Å²) in [5, 5.41) is 15.5. The third-order valence-electron chi connectivity index (χ3n) is 5.99. The second kappa shape index (κ2) is 15.3. The zero-order chi connectivity index (χ0) is 28.1. The first kappa shape index (κ1) is 31.1. The molecule has 38 heavy (non-hydrogen) atoms. The molecule has 0 spiro atoms. The van der Waals surface area contributed by atoms with Crippen LogP contribution in [0.4, 0.5) is 10.5 Å². The quantitative estimate of drug-likeness (QED) is 0.197. The molecule has 10 nitrogen and oxygen atoms in total. The number of aliphatic hydroxyl groups is 1. The predicted octanol–water partition coefficient (Wildman–Crippen LogP) is 2.53. The Morgan fingerprint density at radius 3 is 2.29 bits per heavy atom. The van der Waals surface area contributed by atoms with Crippen LogP contribution in [-0.4, -0.2) is 68.7 Å². The maximum Gasteiger partial charge on any atom is 0.407 e. The van der Waals surface area contributed by atoms with Crippen LogP contribution in [0.1, 0.15) is 38.7 Å². The lowest BCUT2D eigenvalue weighted by atomic mass is 10.1. The predicted molar refractivity (Wildman–Crippen MR) is 147 cm³/mol. The van der Waals surface area contributed by atoms with Gasteiger partial charge in [-0.15, -0.1) is 0 Å². The van der Waals surface area contributed by atoms with Crippen LogP contribution in [-0.2, 0) is 26.0 Å². The molecule has 2 atom stereocenters. The van der Waals surface area contributed by atoms with Gasteiger partial charge in [0.15, 0.2) is 0 Å². The van der Waals surface area contributed by atoms with Gasteiger partial charge in [-0.05, 0) is 48.6 Å². The first-order valence-corrected chi connectivity index (χ1v) is 14.2. The van der Waals surface area contributed by atoms with E-state index >= 15 is 0 Å². The number of sulfonamides is 1. The zero-order valence-corrected chi connectivity index (χ0v) is 23.1. The summed E-state index contributed by atoms with van der Waals surface area (Å²) in [7, 11) is -2.60. The number of nitrogens with zero attached hydrogens (tertiary/aromatic N) is 1. The molecule has 0 fully saturated rings. The number of unbranched alkanes of at least 4 members (excludes halogenated alkanes) is 1. The van der Waals surface area contributed by atoms with E-state index in [0.717, 1.165) is 5.56 Å². The maximum atomic E-state index is 13.4. The molecular weight excluding hydrogens is 508 g/mol. The van der Waals surface area contributed by atoms with Crippen LogP contribution in [0.15, 0.2) is 59.5 Å². The largest absolute Gasteiger partial charge is 0.453 e. The molecule has 2 aromatic rings. The number of hydrogen-bond acceptors (Lipinski definition) is 7. The van der Waals surface area contributed by atoms with Gasteiger partial charge in [0.2, 0.25) is 15.9 Å². The van der Waals surface area contributed by atoms with Crippen molar-refractivity contribution in [2.75, 3.05) is 32.5 Å². The average molecular weight is 549 g/mol. The van der Waals surface area contributed by atoms with Crippen molar-refractivity contribution >= 4 is 27.7 Å². The number of aliphatic hydroxyl groups excluding tert-OH is 1. The van der Waals surface area contributed by atoms with E-state index in [4.69, 9.17) is 5.73 Å². The lowest BCUT2D eigenvalue weighted by molar-refractivity contribution is -0.123. The van der Waals surface area contributed by atoms with Crippen molar-refractivity contribution < 1.29 is 27.9 Å². The van der Waals surface area contributed by atoms with Crippen molar-refractivity contribution in [3.8, 4) is 0 Å². The number of anilines is 1. The van der Waals surface area contributed by atoms with E-state index in [1.165, 1.54) is 35.7 Å². The fourth-order valence-corrected chi connectivity index (χ4v) is 5.81. The minimum absolute atomic E-state index is 0.0516. The van der Waals surface area contributed by atoms with Gasteiger partial charge in [0.25, 0.3) is 0 Å². The van der Waals surface area contributed by atoms with Crippen molar-refractivity contribution in [2.45, 2.75) is 56.5 Å². The summed E-state index contributed by atoms with van der Waals surface area (Å²) in [6.07, 6.45) is 1.17. The minimum Gasteiger partial charge on any atom is -0.453 e. The minimum atomic E-state index is -3.84. The van der Waals surface area contributed by atoms with Crippen molar-refractivity contribution in [3.05, 3.63) is 60.2 Å². The molecule has 0 bridgehead atoms. The summed E-state index contributed by atoms with van der Waals surface area (Å²) in [6, 6.07) is 13.9. The van der Waals surface area contributed by atoms with Crippen molar-refractivity contribution in [1.29, 1.82) is 0 Å². The fourth-order valence-electron chi connectivity index (χ4n) is 4.00. The number of carbonyl (C=O) groups is 2. The molecule has 0 unspecified atom stereocenters. The molecule has 2 amide bonds. The highest BCUT2D eigenvalue weighted by Gasteiger charge is 2.31. The highest BCUT2D eigenvalue weighted by molar-refractivity contribution is 7.89. The lowest BCUT2D eigenvalue weighted by Crippen LogP contribution is -2.48. The molecule has 0 radical (unpaired) electrons. The van der Waals surface area contributed by atoms with Crippen LogP contribution in [0.5, 0.6) is 0 Å². The average Bonchev–Trinajstić information content (AvgIpc) is 2.89. The van der Waals surface area contributed by atoms with Crippen LogP contribution in [0.2, 0.25) is 0 Å². The van der Waals surface area contributed by atoms with Gasteiger partial charge < -0.3 is 26.2 Å². The Morgan fingerprint density at radius 1 is 1.05 bits per heavy atom. The molecular formula is C27H40N4O6S. The van der Waals surface area contributed by atoms with Crippen molar-refractivity contribution in [3.63, 3.8) is 0 Å². The summed E-state index contributed by atoms with van der Waals surface area (Å²) >= 11 is 0. The van der Waals surface area contributed by atoms with Crippen LogP contribution < -0.4 is 16.4 Å². The van der Waals surface area contributed by atoms with Gasteiger partial charge in [0.1, 0.15) is 6.04 Å². The van der Waals surface area contributed by atoms with Gasteiger partial charge >= 0.3 is 6.09 Å². The fraction of sp³-hybridized carbons (Fsp3) is 0.481. The normalized spacial score (nSPS) is 13.2. The summed E-state index contributed by atoms with van der Waals surface area (Å²) in [4.78, 5) is 24.6. The Labute approximate surface area is 225 Å². The highest BCUT2D eigenvalue weighted by Crippen LogP contribution is 2.23. The van der Waals surface area contributed by atoms with E-state index in [9.17, 15) is 23.1 Å². The zero-order valence-electron chi connectivity index (χ0n) is 22.3. The second-order valence-corrected chi connectivity index (χ2v) is 11.4. The number of amides is 2. The van der Waals surface area contributed by atoms with Crippen molar-refractivity contribution in [2.24, 2.45) is 5.92 Å². The van der Waals surface area contributed by atoms with Crippen LogP contribution >= 0.6 is 0 Å². The number of nitrogens with two attached hydrogens (primary N) is 1. The standard InChI is InChI=1S/C27H40N4O6S/c1-20(2)18-31(38(35,36)24-14-12-22(28)13-15-24)23(19-32)11-7-8-16-29-26(33)25(30-27(34)37-3)17-21-9-5-4-6-10-21/h4-6,9-10,12-15,20,23,25,32H,7-8,11,16-19,28H2,1-3H3,(H,29,33)(H,30,34)/t23-,25-/m0/s1. The smallest absolute Gasteiger partial charge is 0.407 e. The van der Waals surface area contributed by atoms with Gasteiger partial charge in [-0.25, -0.2) is 13.2 Å². The Kier molecular flexibility index (Phi) is 12.5. The molecule has 0 heterocycles. The molecule has 5 N–H and O–H groups in total. The Balaban J connectivity index is 1.97. The Hall–Kier alpha value is -3.15. The third kappa shape index (κ3) is 9.62. The molecule has 0 saturated heterocycles. The summed E-state index contributed by atoms with van der Waals surface area (Å²) in [5.41, 5.74) is 7.07. The number of alkyl carbamates (subject to hydrolysis) is 1. The number of benzene rings is 2. The van der Waals surface area contributed by atoms with Gasteiger partial charge in [0.05, 0.1) is 18.6 Å². The monoisotopic (exact) mass is 548 g/mol. The first-order valence-electron chi connectivity index (χ1n) is 12.7. The van der Waals surface area contributed by atoms with E-state index in [0.29, 0.717) is 37.9 Å². The van der Waals surface area contributed by atoms with E-state index in [1.54, 1.807) is 0 Å². The van der Waals surface area contributed by atoms with E-state index in [-0.39, 0.29) is 29.9 Å². The van der Waals surface area contributed by atoms with Gasteiger partial charge in [-0.1, -0.05) is 50.6 Å². The third-order valence-corrected chi connectivity index (χ3v) is 7.92. The van der Waals surface area contributed by atoms with Crippen LogP contribution in [0.25, 0.3) is 0 Å². The van der Waals surface area contributed by atoms with Gasteiger partial charge in [-0.3, -0.25) is 4.79 Å². The molecule has 0 aliphatic rings. The van der Waals surface area contributed by atoms with Crippen LogP contribution in [0.3, 0.4) is 0 Å². The number of carbonyl (C=O) groups excluding carboxylic acids is 2.